The summed E-state index contributed by atoms with van der Waals surface area (Å²) in [4.78, 5) is 15.0. The number of hydrogen-bond acceptors (Lipinski definition) is 2. The van der Waals surface area contributed by atoms with Crippen molar-refractivity contribution in [2.75, 3.05) is 13.1 Å². The molecule has 0 unspecified atom stereocenters. The molecule has 1 aliphatic heterocycles. The van der Waals surface area contributed by atoms with Crippen molar-refractivity contribution >= 4 is 5.78 Å². The van der Waals surface area contributed by atoms with Crippen molar-refractivity contribution in [2.45, 2.75) is 6.04 Å². The fraction of sp³-hybridized carbons (Fsp3) is 0.174. The Bertz CT molecular complexity index is 784. The van der Waals surface area contributed by atoms with E-state index in [0.29, 0.717) is 0 Å². The monoisotopic (exact) mass is 327 g/mol. The molecule has 0 radical (unpaired) electrons. The molecule has 124 valence electrons. The lowest BCUT2D eigenvalue weighted by atomic mass is 9.86. The van der Waals surface area contributed by atoms with Gasteiger partial charge < -0.3 is 0 Å². The van der Waals surface area contributed by atoms with Crippen LogP contribution in [0, 0.1) is 5.92 Å². The maximum atomic E-state index is 12.6. The first-order valence-electron chi connectivity index (χ1n) is 8.76. The van der Waals surface area contributed by atoms with Gasteiger partial charge in [-0.15, -0.1) is 0 Å². The normalized spacial score (nSPS) is 15.1. The summed E-state index contributed by atoms with van der Waals surface area (Å²) < 4.78 is 0. The minimum absolute atomic E-state index is 0.0947. The van der Waals surface area contributed by atoms with Crippen LogP contribution >= 0.6 is 0 Å². The first-order valence-corrected chi connectivity index (χ1v) is 8.76. The zero-order valence-electron chi connectivity index (χ0n) is 14.1. The number of nitrogens with zero attached hydrogens (tertiary/aromatic N) is 1. The molecule has 3 aromatic carbocycles. The lowest BCUT2D eigenvalue weighted by molar-refractivity contribution is 0.0503. The smallest absolute Gasteiger partial charge is 0.168 e. The first-order chi connectivity index (χ1) is 12.3. The third-order valence-corrected chi connectivity index (χ3v) is 4.93. The number of hydrogen-bond donors (Lipinski definition) is 0. The molecule has 0 spiro atoms. The topological polar surface area (TPSA) is 20.3 Å². The highest BCUT2D eigenvalue weighted by Gasteiger charge is 2.37. The van der Waals surface area contributed by atoms with Crippen LogP contribution in [-0.4, -0.2) is 23.8 Å². The van der Waals surface area contributed by atoms with E-state index in [1.165, 1.54) is 11.1 Å². The van der Waals surface area contributed by atoms with Crippen LogP contribution in [0.4, 0.5) is 0 Å². The zero-order valence-corrected chi connectivity index (χ0v) is 14.1. The van der Waals surface area contributed by atoms with Crippen LogP contribution in [0.2, 0.25) is 0 Å². The molecule has 0 aromatic heterocycles. The number of carbonyl (C=O) groups is 1. The standard InChI is InChI=1S/C23H21NO/c25-23(20-14-8-3-9-15-20)21-16-24(17-21)22(18-10-4-1-5-11-18)19-12-6-2-7-13-19/h1-15,21-22H,16-17H2. The van der Waals surface area contributed by atoms with Gasteiger partial charge in [0.25, 0.3) is 0 Å². The average molecular weight is 327 g/mol. The predicted molar refractivity (Wildman–Crippen MR) is 101 cm³/mol. The number of likely N-dealkylation sites (tertiary alicyclic amines) is 1. The molecule has 0 atom stereocenters. The Hall–Kier alpha value is -2.71. The van der Waals surface area contributed by atoms with Crippen LogP contribution in [0.3, 0.4) is 0 Å². The van der Waals surface area contributed by atoms with Crippen LogP contribution in [0.1, 0.15) is 27.5 Å². The van der Waals surface area contributed by atoms with Gasteiger partial charge in [-0.3, -0.25) is 9.69 Å². The van der Waals surface area contributed by atoms with Crippen molar-refractivity contribution < 1.29 is 4.79 Å². The van der Waals surface area contributed by atoms with Gasteiger partial charge in [0.2, 0.25) is 0 Å². The second-order valence-corrected chi connectivity index (χ2v) is 6.61. The van der Waals surface area contributed by atoms with E-state index >= 15 is 0 Å². The molecule has 0 aliphatic carbocycles. The van der Waals surface area contributed by atoms with Crippen molar-refractivity contribution in [2.24, 2.45) is 5.92 Å². The van der Waals surface area contributed by atoms with Gasteiger partial charge in [0, 0.05) is 24.6 Å². The summed E-state index contributed by atoms with van der Waals surface area (Å²) in [7, 11) is 0. The number of carbonyl (C=O) groups excluding carboxylic acids is 1. The summed E-state index contributed by atoms with van der Waals surface area (Å²) in [5.41, 5.74) is 3.38. The quantitative estimate of drug-likeness (QED) is 0.639. The van der Waals surface area contributed by atoms with Gasteiger partial charge in [0.15, 0.2) is 5.78 Å². The Morgan fingerprint density at radius 3 is 1.64 bits per heavy atom. The third kappa shape index (κ3) is 3.26. The maximum absolute atomic E-state index is 12.6. The molecule has 3 aromatic rings. The number of Topliss-reactive ketones (excluding diaryl/α,β-unsaturated/α-hetero) is 1. The van der Waals surface area contributed by atoms with Crippen LogP contribution in [-0.2, 0) is 0 Å². The molecule has 25 heavy (non-hydrogen) atoms. The largest absolute Gasteiger partial charge is 0.294 e. The van der Waals surface area contributed by atoms with Crippen LogP contribution < -0.4 is 0 Å². The molecule has 0 N–H and O–H groups in total. The van der Waals surface area contributed by atoms with Gasteiger partial charge in [-0.1, -0.05) is 91.0 Å². The molecule has 1 heterocycles. The fourth-order valence-electron chi connectivity index (χ4n) is 3.61. The van der Waals surface area contributed by atoms with Gasteiger partial charge in [-0.2, -0.15) is 0 Å². The molecule has 1 saturated heterocycles. The van der Waals surface area contributed by atoms with Crippen molar-refractivity contribution in [3.05, 3.63) is 108 Å². The number of rotatable bonds is 5. The predicted octanol–water partition coefficient (Wildman–Crippen LogP) is 4.59. The van der Waals surface area contributed by atoms with Gasteiger partial charge in [0.05, 0.1) is 6.04 Å². The van der Waals surface area contributed by atoms with E-state index < -0.39 is 0 Å². The molecule has 0 saturated carbocycles. The summed E-state index contributed by atoms with van der Waals surface area (Å²) in [6, 6.07) is 30.9. The molecule has 2 nitrogen and oxygen atoms in total. The van der Waals surface area contributed by atoms with Gasteiger partial charge in [0.1, 0.15) is 0 Å². The van der Waals surface area contributed by atoms with Crippen molar-refractivity contribution in [3.63, 3.8) is 0 Å². The lowest BCUT2D eigenvalue weighted by Gasteiger charge is -2.44. The van der Waals surface area contributed by atoms with Crippen molar-refractivity contribution in [1.82, 2.24) is 4.90 Å². The van der Waals surface area contributed by atoms with E-state index in [-0.39, 0.29) is 17.7 Å². The molecule has 1 aliphatic rings. The molecule has 4 rings (SSSR count). The Balaban J connectivity index is 1.54. The molecule has 0 amide bonds. The molecule has 0 bridgehead atoms. The summed E-state index contributed by atoms with van der Waals surface area (Å²) in [5, 5.41) is 0. The van der Waals surface area contributed by atoms with E-state index in [4.69, 9.17) is 0 Å². The zero-order chi connectivity index (χ0) is 17.1. The van der Waals surface area contributed by atoms with Crippen LogP contribution in [0.5, 0.6) is 0 Å². The highest BCUT2D eigenvalue weighted by molar-refractivity contribution is 5.98. The number of ketones is 1. The van der Waals surface area contributed by atoms with E-state index in [1.807, 2.05) is 42.5 Å². The second-order valence-electron chi connectivity index (χ2n) is 6.61. The Labute approximate surface area is 148 Å². The maximum Gasteiger partial charge on any atom is 0.168 e. The SMILES string of the molecule is O=C(c1ccccc1)C1CN(C(c2ccccc2)c2ccccc2)C1. The van der Waals surface area contributed by atoms with Gasteiger partial charge >= 0.3 is 0 Å². The minimum Gasteiger partial charge on any atom is -0.294 e. The summed E-state index contributed by atoms with van der Waals surface area (Å²) in [5.74, 6) is 0.356. The van der Waals surface area contributed by atoms with E-state index in [0.717, 1.165) is 18.7 Å². The Kier molecular flexibility index (Phi) is 4.45. The Morgan fingerprint density at radius 1 is 0.720 bits per heavy atom. The van der Waals surface area contributed by atoms with E-state index in [1.54, 1.807) is 0 Å². The van der Waals surface area contributed by atoms with Crippen molar-refractivity contribution in [3.8, 4) is 0 Å². The average Bonchev–Trinajstić information content (AvgIpc) is 2.66. The summed E-state index contributed by atoms with van der Waals surface area (Å²) in [6.45, 7) is 1.62. The Morgan fingerprint density at radius 2 is 1.16 bits per heavy atom. The van der Waals surface area contributed by atoms with Gasteiger partial charge in [-0.05, 0) is 11.1 Å². The molecular formula is C23H21NO. The number of benzene rings is 3. The first kappa shape index (κ1) is 15.8. The molecular weight excluding hydrogens is 306 g/mol. The highest BCUT2D eigenvalue weighted by atomic mass is 16.1. The van der Waals surface area contributed by atoms with E-state index in [2.05, 4.69) is 53.4 Å². The fourth-order valence-corrected chi connectivity index (χ4v) is 3.61. The molecule has 1 fully saturated rings. The summed E-state index contributed by atoms with van der Waals surface area (Å²) >= 11 is 0. The minimum atomic E-state index is 0.0947. The lowest BCUT2D eigenvalue weighted by Crippen LogP contribution is -2.51. The molecule has 2 heteroatoms. The summed E-state index contributed by atoms with van der Waals surface area (Å²) in [6.07, 6.45) is 0. The van der Waals surface area contributed by atoms with E-state index in [9.17, 15) is 4.79 Å². The second kappa shape index (κ2) is 7.04. The van der Waals surface area contributed by atoms with Crippen LogP contribution in [0.25, 0.3) is 0 Å². The third-order valence-electron chi connectivity index (χ3n) is 4.93. The van der Waals surface area contributed by atoms with Crippen LogP contribution in [0.15, 0.2) is 91.0 Å². The van der Waals surface area contributed by atoms with Gasteiger partial charge in [-0.25, -0.2) is 0 Å². The highest BCUT2D eigenvalue weighted by Crippen LogP contribution is 2.35. The van der Waals surface area contributed by atoms with Crippen molar-refractivity contribution in [1.29, 1.82) is 0 Å².